The first kappa shape index (κ1) is 27.5. The Balaban J connectivity index is 1.37. The number of aromatic amines is 1. The summed E-state index contributed by atoms with van der Waals surface area (Å²) in [4.78, 5) is 31.6. The minimum absolute atomic E-state index is 0.0106. The number of hydrogen-bond acceptors (Lipinski definition) is 3. The number of fused-ring (bicyclic) bond motifs is 10. The van der Waals surface area contributed by atoms with Crippen LogP contribution in [0.15, 0.2) is 35.9 Å². The van der Waals surface area contributed by atoms with Crippen molar-refractivity contribution in [1.82, 2.24) is 4.98 Å². The van der Waals surface area contributed by atoms with Crippen molar-refractivity contribution in [2.75, 3.05) is 7.11 Å². The van der Waals surface area contributed by atoms with Gasteiger partial charge in [0.15, 0.2) is 5.78 Å². The molecule has 5 aliphatic carbocycles. The van der Waals surface area contributed by atoms with E-state index >= 15 is 0 Å². The van der Waals surface area contributed by atoms with Crippen LogP contribution >= 0.6 is 0 Å². The van der Waals surface area contributed by atoms with E-state index in [9.17, 15) is 9.59 Å². The normalized spacial score (nSPS) is 44.5. The van der Waals surface area contributed by atoms with Gasteiger partial charge in [-0.15, -0.1) is 0 Å². The van der Waals surface area contributed by atoms with Gasteiger partial charge in [0.05, 0.1) is 12.5 Å². The number of carbonyl (C=O) groups excluding carboxylic acids is 2. The van der Waals surface area contributed by atoms with Crippen molar-refractivity contribution in [3.05, 3.63) is 47.2 Å². The number of rotatable bonds is 1. The molecule has 1 aromatic carbocycles. The Morgan fingerprint density at radius 2 is 1.66 bits per heavy atom. The molecule has 7 rings (SSSR count). The van der Waals surface area contributed by atoms with Crippen molar-refractivity contribution < 1.29 is 14.3 Å². The summed E-state index contributed by atoms with van der Waals surface area (Å²) >= 11 is 0. The number of hydrogen-bond donors (Lipinski definition) is 1. The molecular formula is C37H49NO3. The van der Waals surface area contributed by atoms with Crippen LogP contribution in [-0.4, -0.2) is 23.8 Å². The molecule has 41 heavy (non-hydrogen) atoms. The summed E-state index contributed by atoms with van der Waals surface area (Å²) < 4.78 is 5.31. The Morgan fingerprint density at radius 3 is 2.39 bits per heavy atom. The van der Waals surface area contributed by atoms with E-state index in [-0.39, 0.29) is 44.9 Å². The van der Waals surface area contributed by atoms with Gasteiger partial charge < -0.3 is 9.72 Å². The number of aromatic nitrogens is 1. The SMILES string of the molecule is COC(=O)[C@]1(C)CC[C@@]2(C)CC[C@@]3(C)C(=CC(=O)[C@@H]4[C@@]5(C)Cc6c([nH]c7ccccc67)C(C)(C)[C@@H]5CC[C@@]43C)[C@@H]2C1. The Bertz CT molecular complexity index is 1510. The molecule has 5 aliphatic rings. The quantitative estimate of drug-likeness (QED) is 0.360. The molecule has 0 amide bonds. The van der Waals surface area contributed by atoms with E-state index in [2.05, 4.69) is 83.8 Å². The number of carbonyl (C=O) groups is 2. The molecule has 0 spiro atoms. The zero-order chi connectivity index (χ0) is 29.4. The summed E-state index contributed by atoms with van der Waals surface area (Å²) in [7, 11) is 1.52. The van der Waals surface area contributed by atoms with Crippen LogP contribution in [0, 0.1) is 44.8 Å². The largest absolute Gasteiger partial charge is 0.469 e. The van der Waals surface area contributed by atoms with Gasteiger partial charge in [-0.2, -0.15) is 0 Å². The van der Waals surface area contributed by atoms with Gasteiger partial charge in [-0.3, -0.25) is 9.59 Å². The van der Waals surface area contributed by atoms with Crippen molar-refractivity contribution in [3.8, 4) is 0 Å². The molecule has 0 saturated heterocycles. The smallest absolute Gasteiger partial charge is 0.311 e. The van der Waals surface area contributed by atoms with E-state index in [0.29, 0.717) is 11.7 Å². The molecule has 220 valence electrons. The first-order valence-corrected chi connectivity index (χ1v) is 16.1. The van der Waals surface area contributed by atoms with Crippen LogP contribution in [0.3, 0.4) is 0 Å². The van der Waals surface area contributed by atoms with Gasteiger partial charge in [0.2, 0.25) is 0 Å². The first-order chi connectivity index (χ1) is 19.1. The molecule has 0 unspecified atom stereocenters. The highest BCUT2D eigenvalue weighted by Gasteiger charge is 2.70. The van der Waals surface area contributed by atoms with E-state index in [4.69, 9.17) is 4.74 Å². The third kappa shape index (κ3) is 3.23. The monoisotopic (exact) mass is 555 g/mol. The highest BCUT2D eigenvalue weighted by atomic mass is 16.5. The molecule has 8 atom stereocenters. The average Bonchev–Trinajstić information content (AvgIpc) is 3.29. The van der Waals surface area contributed by atoms with E-state index in [1.54, 1.807) is 0 Å². The van der Waals surface area contributed by atoms with E-state index in [1.165, 1.54) is 34.8 Å². The van der Waals surface area contributed by atoms with Crippen molar-refractivity contribution in [1.29, 1.82) is 0 Å². The van der Waals surface area contributed by atoms with Crippen LogP contribution < -0.4 is 0 Å². The fourth-order valence-electron chi connectivity index (χ4n) is 11.9. The van der Waals surface area contributed by atoms with Crippen LogP contribution in [0.2, 0.25) is 0 Å². The molecule has 2 aromatic rings. The van der Waals surface area contributed by atoms with Gasteiger partial charge in [-0.25, -0.2) is 0 Å². The maximum atomic E-state index is 14.8. The minimum atomic E-state index is -0.485. The Labute approximate surface area is 246 Å². The summed E-state index contributed by atoms with van der Waals surface area (Å²) in [5, 5.41) is 1.32. The zero-order valence-corrected chi connectivity index (χ0v) is 26.5. The molecule has 0 aliphatic heterocycles. The number of benzene rings is 1. The average molecular weight is 556 g/mol. The highest BCUT2D eigenvalue weighted by molar-refractivity contribution is 5.96. The third-order valence-electron chi connectivity index (χ3n) is 14.4. The second-order valence-corrected chi connectivity index (χ2v) is 16.7. The van der Waals surface area contributed by atoms with Gasteiger partial charge >= 0.3 is 5.97 Å². The standard InChI is InChI=1S/C37H49NO3/c1-32(2)28-13-14-37(7)29(35(28,5)20-23-22-11-9-10-12-26(22)38-30(23)32)27(39)19-24-25-21-34(4,31(40)41-8)16-15-33(25,3)17-18-36(24,37)6/h9-12,19,25,28-29,38H,13-18,20-21H2,1-8H3/t25-,28-,29+,33-,34+,35-,36-,37-/m0/s1. The molecule has 4 nitrogen and oxygen atoms in total. The van der Waals surface area contributed by atoms with Gasteiger partial charge in [-0.1, -0.05) is 65.3 Å². The van der Waals surface area contributed by atoms with Crippen molar-refractivity contribution in [2.45, 2.75) is 105 Å². The summed E-state index contributed by atoms with van der Waals surface area (Å²) in [6, 6.07) is 8.73. The Hall–Kier alpha value is -2.36. The molecule has 0 radical (unpaired) electrons. The van der Waals surface area contributed by atoms with Crippen molar-refractivity contribution in [3.63, 3.8) is 0 Å². The van der Waals surface area contributed by atoms with E-state index in [1.807, 2.05) is 0 Å². The molecule has 1 aromatic heterocycles. The fraction of sp³-hybridized carbons (Fsp3) is 0.676. The number of nitrogens with one attached hydrogen (secondary N) is 1. The molecule has 3 saturated carbocycles. The molecule has 4 heteroatoms. The zero-order valence-electron chi connectivity index (χ0n) is 26.5. The van der Waals surface area contributed by atoms with Crippen molar-refractivity contribution in [2.24, 2.45) is 44.8 Å². The predicted octanol–water partition coefficient (Wildman–Crippen LogP) is 8.34. The third-order valence-corrected chi connectivity index (χ3v) is 14.4. The highest BCUT2D eigenvalue weighted by Crippen LogP contribution is 2.75. The van der Waals surface area contributed by atoms with Crippen LogP contribution in [0.25, 0.3) is 10.9 Å². The topological polar surface area (TPSA) is 59.2 Å². The Morgan fingerprint density at radius 1 is 0.951 bits per heavy atom. The lowest BCUT2D eigenvalue weighted by Crippen LogP contribution is -2.66. The summed E-state index contributed by atoms with van der Waals surface area (Å²) in [5.74, 6) is 0.923. The molecule has 1 N–H and O–H groups in total. The maximum absolute atomic E-state index is 14.8. The van der Waals surface area contributed by atoms with Gasteiger partial charge in [0.1, 0.15) is 0 Å². The van der Waals surface area contributed by atoms with Gasteiger partial charge in [-0.05, 0) is 109 Å². The van der Waals surface area contributed by atoms with E-state index in [0.717, 1.165) is 51.4 Å². The second kappa shape index (κ2) is 8.17. The minimum Gasteiger partial charge on any atom is -0.469 e. The van der Waals surface area contributed by atoms with Gasteiger partial charge in [0, 0.05) is 27.9 Å². The number of H-pyrrole nitrogens is 1. The molecule has 1 heterocycles. The summed E-state index contributed by atoms with van der Waals surface area (Å²) in [5.41, 5.74) is 4.72. The number of para-hydroxylation sites is 1. The van der Waals surface area contributed by atoms with Crippen LogP contribution in [0.4, 0.5) is 0 Å². The van der Waals surface area contributed by atoms with Crippen LogP contribution in [-0.2, 0) is 26.2 Å². The van der Waals surface area contributed by atoms with Gasteiger partial charge in [0.25, 0.3) is 0 Å². The van der Waals surface area contributed by atoms with Crippen LogP contribution in [0.5, 0.6) is 0 Å². The number of ketones is 1. The Kier molecular flexibility index (Phi) is 5.47. The number of methoxy groups -OCH3 is 1. The lowest BCUT2D eigenvalue weighted by atomic mass is 9.33. The predicted molar refractivity (Wildman–Crippen MR) is 163 cm³/mol. The number of esters is 1. The maximum Gasteiger partial charge on any atom is 0.311 e. The first-order valence-electron chi connectivity index (χ1n) is 16.1. The number of ether oxygens (including phenoxy) is 1. The molecule has 0 bridgehead atoms. The second-order valence-electron chi connectivity index (χ2n) is 16.7. The number of allylic oxidation sites excluding steroid dienone is 2. The van der Waals surface area contributed by atoms with Crippen LogP contribution in [0.1, 0.15) is 105 Å². The lowest BCUT2D eigenvalue weighted by molar-refractivity contribution is -0.174. The van der Waals surface area contributed by atoms with Crippen molar-refractivity contribution >= 4 is 22.7 Å². The fourth-order valence-corrected chi connectivity index (χ4v) is 11.9. The summed E-state index contributed by atoms with van der Waals surface area (Å²) in [6.07, 6.45) is 10.3. The summed E-state index contributed by atoms with van der Waals surface area (Å²) in [6.45, 7) is 16.8. The lowest BCUT2D eigenvalue weighted by Gasteiger charge is -2.70. The molecule has 3 fully saturated rings. The molecular weight excluding hydrogens is 506 g/mol. The van der Waals surface area contributed by atoms with E-state index < -0.39 is 5.41 Å².